The van der Waals surface area contributed by atoms with Gasteiger partial charge in [0.05, 0.1) is 12.7 Å². The lowest BCUT2D eigenvalue weighted by Gasteiger charge is -2.16. The van der Waals surface area contributed by atoms with Crippen molar-refractivity contribution in [1.29, 1.82) is 0 Å². The van der Waals surface area contributed by atoms with Crippen LogP contribution < -0.4 is 10.6 Å². The molecule has 1 saturated carbocycles. The summed E-state index contributed by atoms with van der Waals surface area (Å²) < 4.78 is 1.86. The topological polar surface area (TPSA) is 96.3 Å². The van der Waals surface area contributed by atoms with Gasteiger partial charge in [0.2, 0.25) is 0 Å². The number of rotatable bonds is 7. The van der Waals surface area contributed by atoms with Crippen LogP contribution in [0.2, 0.25) is 0 Å². The summed E-state index contributed by atoms with van der Waals surface area (Å²) in [4.78, 5) is 26.3. The maximum Gasteiger partial charge on any atom is 0.315 e. The fourth-order valence-corrected chi connectivity index (χ4v) is 1.96. The van der Waals surface area contributed by atoms with Crippen molar-refractivity contribution in [2.75, 3.05) is 6.54 Å². The molecule has 1 atom stereocenters. The maximum atomic E-state index is 11.7. The molecule has 0 saturated heterocycles. The van der Waals surface area contributed by atoms with E-state index in [1.165, 1.54) is 0 Å². The maximum absolute atomic E-state index is 11.7. The van der Waals surface area contributed by atoms with Crippen LogP contribution in [0.15, 0.2) is 18.7 Å². The summed E-state index contributed by atoms with van der Waals surface area (Å²) in [6.07, 6.45) is 7.14. The average Bonchev–Trinajstić information content (AvgIpc) is 3.07. The Morgan fingerprint density at radius 2 is 2.26 bits per heavy atom. The standard InChI is InChI=1S/C12H18N4O3/c17-11(18)7-10(9-1-2-9)15-12(19)14-4-6-16-5-3-13-8-16/h3,5,8-10H,1-2,4,6-7H2,(H,17,18)(H2,14,15,19). The van der Waals surface area contributed by atoms with E-state index in [1.807, 2.05) is 10.8 Å². The molecule has 0 radical (unpaired) electrons. The highest BCUT2D eigenvalue weighted by Gasteiger charge is 2.33. The summed E-state index contributed by atoms with van der Waals surface area (Å²) >= 11 is 0. The van der Waals surface area contributed by atoms with Gasteiger partial charge in [0.25, 0.3) is 0 Å². The van der Waals surface area contributed by atoms with E-state index in [-0.39, 0.29) is 18.5 Å². The van der Waals surface area contributed by atoms with Crippen LogP contribution in [-0.4, -0.2) is 39.2 Å². The van der Waals surface area contributed by atoms with E-state index in [9.17, 15) is 9.59 Å². The van der Waals surface area contributed by atoms with Crippen molar-refractivity contribution in [1.82, 2.24) is 20.2 Å². The largest absolute Gasteiger partial charge is 0.481 e. The number of carboxylic acids is 1. The zero-order valence-electron chi connectivity index (χ0n) is 10.6. The summed E-state index contributed by atoms with van der Waals surface area (Å²) in [5.74, 6) is -0.564. The fourth-order valence-electron chi connectivity index (χ4n) is 1.96. The number of nitrogens with zero attached hydrogens (tertiary/aromatic N) is 2. The van der Waals surface area contributed by atoms with E-state index in [0.717, 1.165) is 12.8 Å². The van der Waals surface area contributed by atoms with Gasteiger partial charge in [-0.25, -0.2) is 9.78 Å². The molecule has 7 nitrogen and oxygen atoms in total. The number of carbonyl (C=O) groups excluding carboxylic acids is 1. The van der Waals surface area contributed by atoms with E-state index in [0.29, 0.717) is 19.0 Å². The highest BCUT2D eigenvalue weighted by molar-refractivity contribution is 5.75. The molecular weight excluding hydrogens is 248 g/mol. The smallest absolute Gasteiger partial charge is 0.315 e. The van der Waals surface area contributed by atoms with Gasteiger partial charge in [-0.15, -0.1) is 0 Å². The molecule has 19 heavy (non-hydrogen) atoms. The number of hydrogen-bond donors (Lipinski definition) is 3. The first-order valence-corrected chi connectivity index (χ1v) is 6.37. The van der Waals surface area contributed by atoms with Crippen LogP contribution in [0.3, 0.4) is 0 Å². The van der Waals surface area contributed by atoms with Crippen LogP contribution in [0.1, 0.15) is 19.3 Å². The lowest BCUT2D eigenvalue weighted by molar-refractivity contribution is -0.137. The monoisotopic (exact) mass is 266 g/mol. The van der Waals surface area contributed by atoms with Crippen molar-refractivity contribution >= 4 is 12.0 Å². The van der Waals surface area contributed by atoms with Gasteiger partial charge in [0, 0.05) is 31.5 Å². The van der Waals surface area contributed by atoms with Gasteiger partial charge in [-0.05, 0) is 18.8 Å². The van der Waals surface area contributed by atoms with Gasteiger partial charge in [-0.1, -0.05) is 0 Å². The summed E-state index contributed by atoms with van der Waals surface area (Å²) in [5, 5.41) is 14.2. The first-order chi connectivity index (χ1) is 9.15. The van der Waals surface area contributed by atoms with Crippen LogP contribution in [0.5, 0.6) is 0 Å². The normalized spacial score (nSPS) is 15.8. The van der Waals surface area contributed by atoms with Crippen molar-refractivity contribution in [3.05, 3.63) is 18.7 Å². The van der Waals surface area contributed by atoms with Crippen LogP contribution in [0.25, 0.3) is 0 Å². The fraction of sp³-hybridized carbons (Fsp3) is 0.583. The Labute approximate surface area is 111 Å². The Bertz CT molecular complexity index is 428. The number of carbonyl (C=O) groups is 2. The minimum Gasteiger partial charge on any atom is -0.481 e. The van der Waals surface area contributed by atoms with Crippen molar-refractivity contribution in [2.45, 2.75) is 31.8 Å². The Morgan fingerprint density at radius 1 is 1.47 bits per heavy atom. The molecule has 0 spiro atoms. The molecule has 1 aliphatic rings. The van der Waals surface area contributed by atoms with Gasteiger partial charge < -0.3 is 20.3 Å². The molecule has 1 aromatic heterocycles. The summed E-state index contributed by atoms with van der Waals surface area (Å²) in [6.45, 7) is 1.12. The van der Waals surface area contributed by atoms with Gasteiger partial charge in [0.15, 0.2) is 0 Å². The predicted octanol–water partition coefficient (Wildman–Crippen LogP) is 0.436. The lowest BCUT2D eigenvalue weighted by atomic mass is 10.1. The number of aliphatic carboxylic acids is 1. The molecule has 0 aromatic carbocycles. The van der Waals surface area contributed by atoms with Crippen LogP contribution >= 0.6 is 0 Å². The molecule has 104 valence electrons. The third-order valence-electron chi connectivity index (χ3n) is 3.12. The van der Waals surface area contributed by atoms with Crippen molar-refractivity contribution in [2.24, 2.45) is 5.92 Å². The summed E-state index contributed by atoms with van der Waals surface area (Å²) in [6, 6.07) is -0.566. The van der Waals surface area contributed by atoms with E-state index in [2.05, 4.69) is 15.6 Å². The second-order valence-corrected chi connectivity index (χ2v) is 4.74. The Hall–Kier alpha value is -2.05. The lowest BCUT2D eigenvalue weighted by Crippen LogP contribution is -2.44. The van der Waals surface area contributed by atoms with Gasteiger partial charge in [-0.3, -0.25) is 4.79 Å². The zero-order valence-corrected chi connectivity index (χ0v) is 10.6. The number of nitrogens with one attached hydrogen (secondary N) is 2. The molecule has 1 unspecified atom stereocenters. The number of carboxylic acid groups (broad SMARTS) is 1. The first kappa shape index (κ1) is 13.4. The summed E-state index contributed by atoms with van der Waals surface area (Å²) in [7, 11) is 0. The average molecular weight is 266 g/mol. The molecule has 0 bridgehead atoms. The number of amides is 2. The van der Waals surface area contributed by atoms with Gasteiger partial charge in [-0.2, -0.15) is 0 Å². The third kappa shape index (κ3) is 4.61. The minimum absolute atomic E-state index is 0.0143. The Kier molecular flexibility index (Phi) is 4.38. The van der Waals surface area contributed by atoms with E-state index < -0.39 is 5.97 Å². The van der Waals surface area contributed by atoms with Crippen LogP contribution in [0, 0.1) is 5.92 Å². The quantitative estimate of drug-likeness (QED) is 0.667. The van der Waals surface area contributed by atoms with E-state index in [4.69, 9.17) is 5.11 Å². The highest BCUT2D eigenvalue weighted by Crippen LogP contribution is 2.33. The molecule has 3 N–H and O–H groups in total. The summed E-state index contributed by atoms with van der Waals surface area (Å²) in [5.41, 5.74) is 0. The molecule has 1 fully saturated rings. The van der Waals surface area contributed by atoms with Gasteiger partial charge in [0.1, 0.15) is 0 Å². The van der Waals surface area contributed by atoms with Gasteiger partial charge >= 0.3 is 12.0 Å². The van der Waals surface area contributed by atoms with Crippen LogP contribution in [-0.2, 0) is 11.3 Å². The van der Waals surface area contributed by atoms with Crippen molar-refractivity contribution < 1.29 is 14.7 Å². The molecule has 1 heterocycles. The SMILES string of the molecule is O=C(O)CC(NC(=O)NCCn1ccnc1)C1CC1. The number of aromatic nitrogens is 2. The molecule has 7 heteroatoms. The van der Waals surface area contributed by atoms with E-state index in [1.54, 1.807) is 12.5 Å². The highest BCUT2D eigenvalue weighted by atomic mass is 16.4. The molecule has 2 amide bonds. The molecule has 1 aliphatic carbocycles. The third-order valence-corrected chi connectivity index (χ3v) is 3.12. The number of hydrogen-bond acceptors (Lipinski definition) is 3. The molecule has 2 rings (SSSR count). The van der Waals surface area contributed by atoms with Crippen molar-refractivity contribution in [3.8, 4) is 0 Å². The number of imidazole rings is 1. The Balaban J connectivity index is 1.68. The van der Waals surface area contributed by atoms with E-state index >= 15 is 0 Å². The number of urea groups is 1. The second-order valence-electron chi connectivity index (χ2n) is 4.74. The molecular formula is C12H18N4O3. The first-order valence-electron chi connectivity index (χ1n) is 6.37. The van der Waals surface area contributed by atoms with Crippen molar-refractivity contribution in [3.63, 3.8) is 0 Å². The molecule has 1 aromatic rings. The molecule has 0 aliphatic heterocycles. The Morgan fingerprint density at radius 3 is 2.84 bits per heavy atom. The zero-order chi connectivity index (χ0) is 13.7. The van der Waals surface area contributed by atoms with Crippen LogP contribution in [0.4, 0.5) is 4.79 Å². The minimum atomic E-state index is -0.879. The predicted molar refractivity (Wildman–Crippen MR) is 67.5 cm³/mol. The second kappa shape index (κ2) is 6.21.